The molecule has 1 unspecified atom stereocenters. The topological polar surface area (TPSA) is 49.4 Å². The summed E-state index contributed by atoms with van der Waals surface area (Å²) in [5.74, 6) is -0.0775. The molecule has 0 aliphatic heterocycles. The molecule has 0 aliphatic rings. The number of unbranched alkanes of at least 4 members (excludes halogenated alkanes) is 1. The maximum absolute atomic E-state index is 11.8. The van der Waals surface area contributed by atoms with Crippen molar-refractivity contribution in [3.05, 3.63) is 0 Å². The smallest absolute Gasteiger partial charge is 0.229 e. The number of carbonyl (C=O) groups excluding carboxylic acids is 2. The van der Waals surface area contributed by atoms with E-state index in [0.29, 0.717) is 19.4 Å². The molecule has 0 aliphatic carbocycles. The molecule has 100 valence electrons. The van der Waals surface area contributed by atoms with Gasteiger partial charge in [-0.1, -0.05) is 34.1 Å². The lowest BCUT2D eigenvalue weighted by molar-refractivity contribution is -0.138. The molecule has 1 atom stereocenters. The molecule has 0 fully saturated rings. The zero-order valence-electron chi connectivity index (χ0n) is 11.7. The molecule has 4 heteroatoms. The number of likely N-dealkylation sites (N-methyl/N-ethyl adjacent to an activating group) is 1. The summed E-state index contributed by atoms with van der Waals surface area (Å²) in [4.78, 5) is 24.0. The van der Waals surface area contributed by atoms with E-state index in [0.717, 1.165) is 12.8 Å². The SMILES string of the molecule is CCCCC(=O)N(C=O)CC(NC)C(C)(C)C. The molecule has 0 bridgehead atoms. The summed E-state index contributed by atoms with van der Waals surface area (Å²) in [5, 5.41) is 3.16. The highest BCUT2D eigenvalue weighted by Gasteiger charge is 2.26. The van der Waals surface area contributed by atoms with Gasteiger partial charge in [0.25, 0.3) is 0 Å². The second kappa shape index (κ2) is 7.43. The van der Waals surface area contributed by atoms with Crippen LogP contribution in [0, 0.1) is 5.41 Å². The summed E-state index contributed by atoms with van der Waals surface area (Å²) >= 11 is 0. The van der Waals surface area contributed by atoms with Crippen molar-refractivity contribution in [3.8, 4) is 0 Å². The third kappa shape index (κ3) is 5.82. The van der Waals surface area contributed by atoms with Gasteiger partial charge in [0.05, 0.1) is 0 Å². The summed E-state index contributed by atoms with van der Waals surface area (Å²) in [7, 11) is 1.86. The molecule has 0 aromatic rings. The second-order valence-electron chi connectivity index (χ2n) is 5.46. The number of hydrogen-bond donors (Lipinski definition) is 1. The molecule has 0 rings (SSSR count). The lowest BCUT2D eigenvalue weighted by Gasteiger charge is -2.33. The van der Waals surface area contributed by atoms with E-state index in [4.69, 9.17) is 0 Å². The fraction of sp³-hybridized carbons (Fsp3) is 0.846. The molecule has 0 saturated heterocycles. The fourth-order valence-electron chi connectivity index (χ4n) is 1.67. The summed E-state index contributed by atoms with van der Waals surface area (Å²) < 4.78 is 0. The van der Waals surface area contributed by atoms with Crippen LogP contribution in [0.15, 0.2) is 0 Å². The van der Waals surface area contributed by atoms with E-state index < -0.39 is 0 Å². The van der Waals surface area contributed by atoms with Crippen LogP contribution >= 0.6 is 0 Å². The van der Waals surface area contributed by atoms with Crippen LogP contribution in [0.5, 0.6) is 0 Å². The van der Waals surface area contributed by atoms with E-state index in [1.165, 1.54) is 4.90 Å². The molecule has 0 heterocycles. The van der Waals surface area contributed by atoms with Crippen molar-refractivity contribution in [2.75, 3.05) is 13.6 Å². The number of hydrogen-bond acceptors (Lipinski definition) is 3. The van der Waals surface area contributed by atoms with Crippen LogP contribution in [-0.4, -0.2) is 36.9 Å². The van der Waals surface area contributed by atoms with Gasteiger partial charge in [-0.15, -0.1) is 0 Å². The van der Waals surface area contributed by atoms with E-state index >= 15 is 0 Å². The van der Waals surface area contributed by atoms with Gasteiger partial charge in [-0.25, -0.2) is 0 Å². The fourth-order valence-corrected chi connectivity index (χ4v) is 1.67. The third-order valence-corrected chi connectivity index (χ3v) is 2.96. The average Bonchev–Trinajstić information content (AvgIpc) is 2.25. The van der Waals surface area contributed by atoms with Gasteiger partial charge < -0.3 is 5.32 Å². The van der Waals surface area contributed by atoms with Crippen LogP contribution in [0.25, 0.3) is 0 Å². The van der Waals surface area contributed by atoms with Gasteiger partial charge in [0.2, 0.25) is 12.3 Å². The standard InChI is InChI=1S/C13H26N2O2/c1-6-7-8-12(17)15(10-16)9-11(14-5)13(2,3)4/h10-11,14H,6-9H2,1-5H3. The Morgan fingerprint density at radius 2 is 2.00 bits per heavy atom. The summed E-state index contributed by atoms with van der Waals surface area (Å²) in [6, 6.07) is 0.110. The normalized spacial score (nSPS) is 13.2. The van der Waals surface area contributed by atoms with Gasteiger partial charge in [0.1, 0.15) is 0 Å². The summed E-state index contributed by atoms with van der Waals surface area (Å²) in [5.41, 5.74) is 0.0149. The average molecular weight is 242 g/mol. The van der Waals surface area contributed by atoms with Gasteiger partial charge in [0, 0.05) is 19.0 Å². The Labute approximate surface area is 105 Å². The highest BCUT2D eigenvalue weighted by atomic mass is 16.2. The first-order valence-electron chi connectivity index (χ1n) is 6.28. The molecule has 0 spiro atoms. The highest BCUT2D eigenvalue weighted by Crippen LogP contribution is 2.19. The Bertz CT molecular complexity index is 246. The predicted molar refractivity (Wildman–Crippen MR) is 69.6 cm³/mol. The predicted octanol–water partition coefficient (Wildman–Crippen LogP) is 1.80. The van der Waals surface area contributed by atoms with Crippen molar-refractivity contribution in [2.45, 2.75) is 53.0 Å². The molecule has 0 radical (unpaired) electrons. The van der Waals surface area contributed by atoms with Crippen molar-refractivity contribution in [2.24, 2.45) is 5.41 Å². The first kappa shape index (κ1) is 16.1. The zero-order chi connectivity index (χ0) is 13.5. The van der Waals surface area contributed by atoms with Crippen LogP contribution in [-0.2, 0) is 9.59 Å². The molecule has 2 amide bonds. The molecule has 4 nitrogen and oxygen atoms in total. The van der Waals surface area contributed by atoms with Gasteiger partial charge in [0.15, 0.2) is 0 Å². The Kier molecular flexibility index (Phi) is 7.04. The molecule has 17 heavy (non-hydrogen) atoms. The van der Waals surface area contributed by atoms with Crippen molar-refractivity contribution >= 4 is 12.3 Å². The van der Waals surface area contributed by atoms with Crippen molar-refractivity contribution in [1.29, 1.82) is 0 Å². The molecular weight excluding hydrogens is 216 g/mol. The van der Waals surface area contributed by atoms with Crippen molar-refractivity contribution in [1.82, 2.24) is 10.2 Å². The van der Waals surface area contributed by atoms with Crippen LogP contribution in [0.3, 0.4) is 0 Å². The second-order valence-corrected chi connectivity index (χ2v) is 5.46. The van der Waals surface area contributed by atoms with Crippen LogP contribution in [0.4, 0.5) is 0 Å². The monoisotopic (exact) mass is 242 g/mol. The van der Waals surface area contributed by atoms with Crippen LogP contribution < -0.4 is 5.32 Å². The lowest BCUT2D eigenvalue weighted by atomic mass is 9.86. The third-order valence-electron chi connectivity index (χ3n) is 2.96. The van der Waals surface area contributed by atoms with Crippen molar-refractivity contribution < 1.29 is 9.59 Å². The quantitative estimate of drug-likeness (QED) is 0.693. The number of carbonyl (C=O) groups is 2. The number of nitrogens with one attached hydrogen (secondary N) is 1. The number of amides is 2. The number of imide groups is 1. The maximum Gasteiger partial charge on any atom is 0.229 e. The van der Waals surface area contributed by atoms with Crippen LogP contribution in [0.1, 0.15) is 47.0 Å². The van der Waals surface area contributed by atoms with Crippen LogP contribution in [0.2, 0.25) is 0 Å². The summed E-state index contributed by atoms with van der Waals surface area (Å²) in [6.45, 7) is 8.74. The van der Waals surface area contributed by atoms with Gasteiger partial charge in [-0.2, -0.15) is 0 Å². The van der Waals surface area contributed by atoms with E-state index in [9.17, 15) is 9.59 Å². The largest absolute Gasteiger partial charge is 0.315 e. The van der Waals surface area contributed by atoms with E-state index in [-0.39, 0.29) is 17.4 Å². The maximum atomic E-state index is 11.8. The van der Waals surface area contributed by atoms with E-state index in [1.54, 1.807) is 0 Å². The molecular formula is C13H26N2O2. The molecule has 0 aromatic carbocycles. The minimum absolute atomic E-state index is 0.0149. The lowest BCUT2D eigenvalue weighted by Crippen LogP contribution is -2.48. The van der Waals surface area contributed by atoms with E-state index in [2.05, 4.69) is 26.1 Å². The highest BCUT2D eigenvalue weighted by molar-refractivity contribution is 5.86. The number of rotatable bonds is 7. The Morgan fingerprint density at radius 3 is 2.35 bits per heavy atom. The minimum Gasteiger partial charge on any atom is -0.315 e. The Hall–Kier alpha value is -0.900. The van der Waals surface area contributed by atoms with Gasteiger partial charge >= 0.3 is 0 Å². The minimum atomic E-state index is -0.0775. The van der Waals surface area contributed by atoms with Gasteiger partial charge in [-0.05, 0) is 18.9 Å². The molecule has 1 N–H and O–H groups in total. The van der Waals surface area contributed by atoms with Gasteiger partial charge in [-0.3, -0.25) is 14.5 Å². The molecule has 0 saturated carbocycles. The first-order chi connectivity index (χ1) is 7.86. The summed E-state index contributed by atoms with van der Waals surface area (Å²) in [6.07, 6.45) is 2.90. The Balaban J connectivity index is 4.47. The van der Waals surface area contributed by atoms with E-state index in [1.807, 2.05) is 14.0 Å². The van der Waals surface area contributed by atoms with Crippen molar-refractivity contribution in [3.63, 3.8) is 0 Å². The first-order valence-corrected chi connectivity index (χ1v) is 6.28. The zero-order valence-corrected chi connectivity index (χ0v) is 11.7. The molecule has 0 aromatic heterocycles. The number of nitrogens with zero attached hydrogens (tertiary/aromatic N) is 1. The Morgan fingerprint density at radius 1 is 1.41 bits per heavy atom.